The van der Waals surface area contributed by atoms with Crippen molar-refractivity contribution < 1.29 is 4.74 Å². The highest BCUT2D eigenvalue weighted by Crippen LogP contribution is 2.35. The molecule has 0 fully saturated rings. The summed E-state index contributed by atoms with van der Waals surface area (Å²) in [4.78, 5) is 0. The van der Waals surface area contributed by atoms with E-state index >= 15 is 0 Å². The van der Waals surface area contributed by atoms with Gasteiger partial charge < -0.3 is 10.1 Å². The zero-order valence-corrected chi connectivity index (χ0v) is 12.3. The molecule has 1 aliphatic heterocycles. The molecule has 0 radical (unpaired) electrons. The van der Waals surface area contributed by atoms with Crippen LogP contribution in [0.4, 0.5) is 0 Å². The molecule has 3 rings (SSSR count). The van der Waals surface area contributed by atoms with E-state index in [4.69, 9.17) is 4.74 Å². The van der Waals surface area contributed by atoms with Gasteiger partial charge in [0.15, 0.2) is 5.75 Å². The van der Waals surface area contributed by atoms with Crippen LogP contribution in [0, 0.1) is 0 Å². The minimum atomic E-state index is 0.153. The van der Waals surface area contributed by atoms with E-state index in [-0.39, 0.29) is 6.04 Å². The van der Waals surface area contributed by atoms with E-state index in [0.29, 0.717) is 6.04 Å². The number of nitrogens with zero attached hydrogens (tertiary/aromatic N) is 2. The monoisotopic (exact) mass is 271 g/mol. The van der Waals surface area contributed by atoms with Gasteiger partial charge in [0.05, 0.1) is 19.3 Å². The number of hydrogen-bond acceptors (Lipinski definition) is 3. The molecule has 106 valence electrons. The highest BCUT2D eigenvalue weighted by molar-refractivity contribution is 5.42. The highest BCUT2D eigenvalue weighted by Gasteiger charge is 2.28. The fourth-order valence-corrected chi connectivity index (χ4v) is 2.95. The van der Waals surface area contributed by atoms with Crippen LogP contribution >= 0.6 is 0 Å². The molecule has 2 aromatic rings. The number of methoxy groups -OCH3 is 1. The second-order valence-corrected chi connectivity index (χ2v) is 5.47. The summed E-state index contributed by atoms with van der Waals surface area (Å²) in [6.07, 6.45) is 2.89. The summed E-state index contributed by atoms with van der Waals surface area (Å²) in [6.45, 7) is 5.27. The van der Waals surface area contributed by atoms with Gasteiger partial charge in [-0.05, 0) is 31.4 Å². The number of fused-ring (bicyclic) bond motifs is 1. The van der Waals surface area contributed by atoms with Crippen LogP contribution in [-0.2, 0) is 6.42 Å². The largest absolute Gasteiger partial charge is 0.493 e. The van der Waals surface area contributed by atoms with E-state index in [1.54, 1.807) is 7.11 Å². The summed E-state index contributed by atoms with van der Waals surface area (Å²) in [5.74, 6) is 0.855. The quantitative estimate of drug-likeness (QED) is 0.933. The molecule has 0 aliphatic carbocycles. The minimum Gasteiger partial charge on any atom is -0.493 e. The van der Waals surface area contributed by atoms with Crippen molar-refractivity contribution in [2.45, 2.75) is 32.4 Å². The summed E-state index contributed by atoms with van der Waals surface area (Å²) in [5.41, 5.74) is 3.86. The first-order valence-electron chi connectivity index (χ1n) is 7.15. The fourth-order valence-electron chi connectivity index (χ4n) is 2.95. The molecule has 4 nitrogen and oxygen atoms in total. The Labute approximate surface area is 119 Å². The Morgan fingerprint density at radius 2 is 2.15 bits per heavy atom. The standard InChI is InChI=1S/C16H21N3O/c1-11(2)19-16(14(20-3)10-18-19)15-13-7-5-4-6-12(13)8-9-17-15/h4-7,10-11,15,17H,8-9H2,1-3H3. The number of nitrogens with one attached hydrogen (secondary N) is 1. The van der Waals surface area contributed by atoms with Crippen LogP contribution in [0.15, 0.2) is 30.5 Å². The van der Waals surface area contributed by atoms with E-state index in [1.807, 2.05) is 6.20 Å². The number of rotatable bonds is 3. The number of aromatic nitrogens is 2. The summed E-state index contributed by atoms with van der Waals surface area (Å²) in [7, 11) is 1.71. The molecule has 2 heterocycles. The third-order valence-electron chi connectivity index (χ3n) is 3.89. The van der Waals surface area contributed by atoms with Crippen molar-refractivity contribution in [3.8, 4) is 5.75 Å². The second kappa shape index (κ2) is 5.29. The van der Waals surface area contributed by atoms with Crippen LogP contribution in [0.2, 0.25) is 0 Å². The molecule has 1 aliphatic rings. The van der Waals surface area contributed by atoms with Gasteiger partial charge in [-0.3, -0.25) is 4.68 Å². The molecule has 4 heteroatoms. The van der Waals surface area contributed by atoms with Crippen LogP contribution in [0.3, 0.4) is 0 Å². The molecule has 0 saturated carbocycles. The lowest BCUT2D eigenvalue weighted by Gasteiger charge is -2.28. The second-order valence-electron chi connectivity index (χ2n) is 5.47. The predicted octanol–water partition coefficient (Wildman–Crippen LogP) is 2.71. The Balaban J connectivity index is 2.12. The molecule has 1 aromatic heterocycles. The van der Waals surface area contributed by atoms with Gasteiger partial charge >= 0.3 is 0 Å². The Bertz CT molecular complexity index is 604. The lowest BCUT2D eigenvalue weighted by atomic mass is 9.92. The third kappa shape index (κ3) is 2.10. The van der Waals surface area contributed by atoms with Crippen molar-refractivity contribution in [3.63, 3.8) is 0 Å². The molecule has 1 atom stereocenters. The average Bonchev–Trinajstić information content (AvgIpc) is 2.90. The predicted molar refractivity (Wildman–Crippen MR) is 79.2 cm³/mol. The van der Waals surface area contributed by atoms with E-state index in [9.17, 15) is 0 Å². The van der Waals surface area contributed by atoms with Crippen molar-refractivity contribution in [2.24, 2.45) is 0 Å². The summed E-state index contributed by atoms with van der Waals surface area (Å²) >= 11 is 0. The molecule has 1 aromatic carbocycles. The smallest absolute Gasteiger partial charge is 0.161 e. The molecular formula is C16H21N3O. The van der Waals surface area contributed by atoms with Crippen molar-refractivity contribution in [1.29, 1.82) is 0 Å². The normalized spacial score (nSPS) is 18.1. The maximum Gasteiger partial charge on any atom is 0.161 e. The van der Waals surface area contributed by atoms with Crippen LogP contribution in [0.5, 0.6) is 5.75 Å². The SMILES string of the molecule is COc1cnn(C(C)C)c1C1NCCc2ccccc21. The van der Waals surface area contributed by atoms with Gasteiger partial charge in [-0.2, -0.15) is 5.10 Å². The molecular weight excluding hydrogens is 250 g/mol. The highest BCUT2D eigenvalue weighted by atomic mass is 16.5. The van der Waals surface area contributed by atoms with E-state index in [2.05, 4.69) is 53.2 Å². The Kier molecular flexibility index (Phi) is 3.49. The molecule has 1 N–H and O–H groups in total. The van der Waals surface area contributed by atoms with Crippen LogP contribution < -0.4 is 10.1 Å². The van der Waals surface area contributed by atoms with Crippen LogP contribution in [0.1, 0.15) is 42.8 Å². The van der Waals surface area contributed by atoms with Crippen molar-refractivity contribution in [3.05, 3.63) is 47.3 Å². The van der Waals surface area contributed by atoms with Crippen LogP contribution in [0.25, 0.3) is 0 Å². The molecule has 20 heavy (non-hydrogen) atoms. The first kappa shape index (κ1) is 13.2. The zero-order chi connectivity index (χ0) is 14.1. The van der Waals surface area contributed by atoms with E-state index in [0.717, 1.165) is 24.4 Å². The van der Waals surface area contributed by atoms with Crippen molar-refractivity contribution >= 4 is 0 Å². The van der Waals surface area contributed by atoms with Gasteiger partial charge in [0.1, 0.15) is 5.69 Å². The molecule has 0 amide bonds. The minimum absolute atomic E-state index is 0.153. The number of hydrogen-bond donors (Lipinski definition) is 1. The maximum atomic E-state index is 5.52. The van der Waals surface area contributed by atoms with Crippen LogP contribution in [-0.4, -0.2) is 23.4 Å². The molecule has 0 bridgehead atoms. The maximum absolute atomic E-state index is 5.52. The Hall–Kier alpha value is -1.81. The van der Waals surface area contributed by atoms with Gasteiger partial charge in [-0.25, -0.2) is 0 Å². The first-order chi connectivity index (χ1) is 9.72. The Morgan fingerprint density at radius 3 is 2.90 bits per heavy atom. The summed E-state index contributed by atoms with van der Waals surface area (Å²) < 4.78 is 7.58. The van der Waals surface area contributed by atoms with Crippen molar-refractivity contribution in [1.82, 2.24) is 15.1 Å². The summed E-state index contributed by atoms with van der Waals surface area (Å²) in [5, 5.41) is 8.09. The average molecular weight is 271 g/mol. The number of benzene rings is 1. The topological polar surface area (TPSA) is 39.1 Å². The Morgan fingerprint density at radius 1 is 1.35 bits per heavy atom. The lowest BCUT2D eigenvalue weighted by Crippen LogP contribution is -2.32. The van der Waals surface area contributed by atoms with Gasteiger partial charge in [0.2, 0.25) is 0 Å². The zero-order valence-electron chi connectivity index (χ0n) is 12.3. The summed E-state index contributed by atoms with van der Waals surface area (Å²) in [6, 6.07) is 9.08. The first-order valence-corrected chi connectivity index (χ1v) is 7.15. The van der Waals surface area contributed by atoms with Gasteiger partial charge in [0.25, 0.3) is 0 Å². The number of ether oxygens (including phenoxy) is 1. The lowest BCUT2D eigenvalue weighted by molar-refractivity contribution is 0.390. The van der Waals surface area contributed by atoms with Crippen molar-refractivity contribution in [2.75, 3.05) is 13.7 Å². The van der Waals surface area contributed by atoms with Gasteiger partial charge in [-0.1, -0.05) is 24.3 Å². The molecule has 1 unspecified atom stereocenters. The molecule has 0 spiro atoms. The van der Waals surface area contributed by atoms with Gasteiger partial charge in [0, 0.05) is 12.6 Å². The van der Waals surface area contributed by atoms with E-state index < -0.39 is 0 Å². The van der Waals surface area contributed by atoms with Gasteiger partial charge in [-0.15, -0.1) is 0 Å². The third-order valence-corrected chi connectivity index (χ3v) is 3.89. The molecule has 0 saturated heterocycles. The fraction of sp³-hybridized carbons (Fsp3) is 0.438. The van der Waals surface area contributed by atoms with E-state index in [1.165, 1.54) is 11.1 Å².